The predicted molar refractivity (Wildman–Crippen MR) is 87.6 cm³/mol. The number of hydrogen-bond acceptors (Lipinski definition) is 4. The number of nitrogens with zero attached hydrogens (tertiary/aromatic N) is 2. The summed E-state index contributed by atoms with van der Waals surface area (Å²) in [6.07, 6.45) is 0. The number of carbonyl (C=O) groups is 1. The molecule has 0 unspecified atom stereocenters. The molecule has 0 aliphatic rings. The number of rotatable bonds is 7. The number of aromatic nitrogens is 2. The molecule has 124 valence electrons. The zero-order valence-corrected chi connectivity index (χ0v) is 13.8. The van der Waals surface area contributed by atoms with Gasteiger partial charge in [0, 0.05) is 6.54 Å². The summed E-state index contributed by atoms with van der Waals surface area (Å²) in [5.41, 5.74) is 3.14. The van der Waals surface area contributed by atoms with E-state index >= 15 is 0 Å². The lowest BCUT2D eigenvalue weighted by Gasteiger charge is -2.12. The summed E-state index contributed by atoms with van der Waals surface area (Å²) in [5.74, 6) is 0.567. The van der Waals surface area contributed by atoms with Gasteiger partial charge in [0.2, 0.25) is 0 Å². The number of hydrogen-bond donors (Lipinski definition) is 2. The molecule has 0 fully saturated rings. The second kappa shape index (κ2) is 7.78. The maximum Gasteiger partial charge on any atom is 0.269 e. The number of amides is 1. The highest BCUT2D eigenvalue weighted by Gasteiger charge is 2.12. The lowest BCUT2D eigenvalue weighted by molar-refractivity contribution is 0.0936. The van der Waals surface area contributed by atoms with Crippen LogP contribution in [0.3, 0.4) is 0 Å². The molecule has 0 radical (unpaired) electrons. The molecule has 1 aromatic heterocycles. The number of aliphatic hydroxyl groups excluding tert-OH is 1. The fourth-order valence-electron chi connectivity index (χ4n) is 2.37. The van der Waals surface area contributed by atoms with Crippen molar-refractivity contribution in [3.8, 4) is 5.75 Å². The van der Waals surface area contributed by atoms with Gasteiger partial charge in [0.05, 0.1) is 18.8 Å². The van der Waals surface area contributed by atoms with E-state index in [1.807, 2.05) is 39.0 Å². The van der Waals surface area contributed by atoms with E-state index in [4.69, 9.17) is 4.74 Å². The highest BCUT2D eigenvalue weighted by molar-refractivity contribution is 5.92. The Morgan fingerprint density at radius 3 is 2.87 bits per heavy atom. The molecular formula is C17H23N3O3. The average molecular weight is 317 g/mol. The van der Waals surface area contributed by atoms with Crippen LogP contribution < -0.4 is 10.1 Å². The van der Waals surface area contributed by atoms with Gasteiger partial charge < -0.3 is 15.2 Å². The van der Waals surface area contributed by atoms with Crippen molar-refractivity contribution in [2.24, 2.45) is 0 Å². The van der Waals surface area contributed by atoms with Gasteiger partial charge >= 0.3 is 0 Å². The van der Waals surface area contributed by atoms with Gasteiger partial charge in [-0.25, -0.2) is 0 Å². The smallest absolute Gasteiger partial charge is 0.269 e. The molecule has 23 heavy (non-hydrogen) atoms. The summed E-state index contributed by atoms with van der Waals surface area (Å²) in [4.78, 5) is 12.2. The molecule has 0 saturated carbocycles. The van der Waals surface area contributed by atoms with Gasteiger partial charge in [-0.2, -0.15) is 5.10 Å². The monoisotopic (exact) mass is 317 g/mol. The molecule has 0 aliphatic heterocycles. The fraction of sp³-hybridized carbons (Fsp3) is 0.412. The van der Waals surface area contributed by atoms with Crippen molar-refractivity contribution in [1.29, 1.82) is 0 Å². The van der Waals surface area contributed by atoms with Crippen molar-refractivity contribution in [1.82, 2.24) is 15.1 Å². The van der Waals surface area contributed by atoms with Crippen LogP contribution in [0.1, 0.15) is 34.2 Å². The third-order valence-corrected chi connectivity index (χ3v) is 3.65. The Morgan fingerprint density at radius 2 is 2.17 bits per heavy atom. The van der Waals surface area contributed by atoms with E-state index in [9.17, 15) is 9.90 Å². The van der Waals surface area contributed by atoms with Crippen molar-refractivity contribution in [3.05, 3.63) is 46.8 Å². The van der Waals surface area contributed by atoms with E-state index in [1.165, 1.54) is 0 Å². The fourth-order valence-corrected chi connectivity index (χ4v) is 2.37. The van der Waals surface area contributed by atoms with Gasteiger partial charge in [-0.15, -0.1) is 0 Å². The number of aliphatic hydroxyl groups is 1. The average Bonchev–Trinajstić information content (AvgIpc) is 2.93. The topological polar surface area (TPSA) is 76.4 Å². The third-order valence-electron chi connectivity index (χ3n) is 3.65. The maximum absolute atomic E-state index is 12.2. The van der Waals surface area contributed by atoms with Crippen LogP contribution in [-0.4, -0.2) is 33.9 Å². The molecule has 2 N–H and O–H groups in total. The van der Waals surface area contributed by atoms with Crippen LogP contribution >= 0.6 is 0 Å². The summed E-state index contributed by atoms with van der Waals surface area (Å²) >= 11 is 0. The summed E-state index contributed by atoms with van der Waals surface area (Å²) in [6.45, 7) is 7.12. The third kappa shape index (κ3) is 4.10. The molecule has 6 heteroatoms. The number of ether oxygens (including phenoxy) is 1. The number of carbonyl (C=O) groups excluding carboxylic acids is 1. The first-order chi connectivity index (χ1) is 11.1. The second-order valence-electron chi connectivity index (χ2n) is 5.29. The molecule has 2 rings (SSSR count). The van der Waals surface area contributed by atoms with Crippen molar-refractivity contribution in [2.45, 2.75) is 33.9 Å². The molecule has 0 spiro atoms. The predicted octanol–water partition coefficient (Wildman–Crippen LogP) is 1.82. The number of benzene rings is 1. The first kappa shape index (κ1) is 17.0. The minimum absolute atomic E-state index is 0.0138. The van der Waals surface area contributed by atoms with Gasteiger partial charge in [-0.05, 0) is 44.0 Å². The van der Waals surface area contributed by atoms with Crippen LogP contribution in [0.5, 0.6) is 5.75 Å². The van der Waals surface area contributed by atoms with Crippen LogP contribution in [0.4, 0.5) is 0 Å². The Hall–Kier alpha value is -2.34. The van der Waals surface area contributed by atoms with Gasteiger partial charge in [0.1, 0.15) is 18.1 Å². The van der Waals surface area contributed by atoms with Crippen LogP contribution in [0.25, 0.3) is 0 Å². The van der Waals surface area contributed by atoms with Gasteiger partial charge in [0.15, 0.2) is 0 Å². The minimum Gasteiger partial charge on any atom is -0.491 e. The number of aryl methyl sites for hydroxylation is 2. The molecule has 1 heterocycles. The molecule has 1 amide bonds. The van der Waals surface area contributed by atoms with E-state index in [2.05, 4.69) is 10.4 Å². The second-order valence-corrected chi connectivity index (χ2v) is 5.29. The van der Waals surface area contributed by atoms with E-state index in [0.717, 1.165) is 22.6 Å². The van der Waals surface area contributed by atoms with Crippen LogP contribution in [-0.2, 0) is 13.2 Å². The largest absolute Gasteiger partial charge is 0.491 e. The Morgan fingerprint density at radius 1 is 1.39 bits per heavy atom. The SMILES string of the molecule is CCn1nc(C)cc1C(=O)NCCOc1cccc(CO)c1C. The van der Waals surface area contributed by atoms with Gasteiger partial charge in [-0.1, -0.05) is 12.1 Å². The van der Waals surface area contributed by atoms with Crippen molar-refractivity contribution in [3.63, 3.8) is 0 Å². The van der Waals surface area contributed by atoms with Crippen LogP contribution in [0.15, 0.2) is 24.3 Å². The van der Waals surface area contributed by atoms with E-state index in [-0.39, 0.29) is 12.5 Å². The summed E-state index contributed by atoms with van der Waals surface area (Å²) < 4.78 is 7.36. The first-order valence-corrected chi connectivity index (χ1v) is 7.71. The van der Waals surface area contributed by atoms with E-state index in [1.54, 1.807) is 10.7 Å². The molecule has 1 aromatic carbocycles. The normalized spacial score (nSPS) is 10.6. The maximum atomic E-state index is 12.2. The molecule has 6 nitrogen and oxygen atoms in total. The van der Waals surface area contributed by atoms with Crippen molar-refractivity contribution in [2.75, 3.05) is 13.2 Å². The van der Waals surface area contributed by atoms with Crippen LogP contribution in [0, 0.1) is 13.8 Å². The van der Waals surface area contributed by atoms with E-state index < -0.39 is 0 Å². The Labute approximate surface area is 136 Å². The zero-order chi connectivity index (χ0) is 16.8. The zero-order valence-electron chi connectivity index (χ0n) is 13.8. The van der Waals surface area contributed by atoms with E-state index in [0.29, 0.717) is 25.4 Å². The highest BCUT2D eigenvalue weighted by Crippen LogP contribution is 2.21. The lowest BCUT2D eigenvalue weighted by atomic mass is 10.1. The van der Waals surface area contributed by atoms with Gasteiger partial charge in [-0.3, -0.25) is 9.48 Å². The summed E-state index contributed by atoms with van der Waals surface area (Å²) in [7, 11) is 0. The summed E-state index contributed by atoms with van der Waals surface area (Å²) in [6, 6.07) is 7.33. The first-order valence-electron chi connectivity index (χ1n) is 7.71. The molecule has 2 aromatic rings. The minimum atomic E-state index is -0.156. The standard InChI is InChI=1S/C17H23N3O3/c1-4-20-15(10-12(2)19-20)17(22)18-8-9-23-16-7-5-6-14(11-21)13(16)3/h5-7,10,21H,4,8-9,11H2,1-3H3,(H,18,22). The molecule has 0 bridgehead atoms. The lowest BCUT2D eigenvalue weighted by Crippen LogP contribution is -2.30. The Balaban J connectivity index is 1.87. The Kier molecular flexibility index (Phi) is 5.76. The molecule has 0 aliphatic carbocycles. The van der Waals surface area contributed by atoms with Crippen LogP contribution in [0.2, 0.25) is 0 Å². The Bertz CT molecular complexity index is 680. The van der Waals surface area contributed by atoms with Gasteiger partial charge in [0.25, 0.3) is 5.91 Å². The highest BCUT2D eigenvalue weighted by atomic mass is 16.5. The quantitative estimate of drug-likeness (QED) is 0.764. The van der Waals surface area contributed by atoms with Crippen molar-refractivity contribution < 1.29 is 14.6 Å². The number of nitrogens with one attached hydrogen (secondary N) is 1. The molecular weight excluding hydrogens is 294 g/mol. The molecule has 0 saturated heterocycles. The molecule has 0 atom stereocenters. The summed E-state index contributed by atoms with van der Waals surface area (Å²) in [5, 5.41) is 16.3. The van der Waals surface area contributed by atoms with Crippen molar-refractivity contribution >= 4 is 5.91 Å².